The van der Waals surface area contributed by atoms with Crippen LogP contribution in [0, 0.1) is 6.92 Å². The van der Waals surface area contributed by atoms with Gasteiger partial charge in [0.25, 0.3) is 0 Å². The highest BCUT2D eigenvalue weighted by Gasteiger charge is 2.10. The Morgan fingerprint density at radius 1 is 1.35 bits per heavy atom. The number of nitrogens with zero attached hydrogens (tertiary/aromatic N) is 5. The fourth-order valence-electron chi connectivity index (χ4n) is 1.34. The van der Waals surface area contributed by atoms with Crippen LogP contribution in [0.15, 0.2) is 12.7 Å². The minimum absolute atomic E-state index is 0.275. The van der Waals surface area contributed by atoms with Crippen LogP contribution < -0.4 is 10.1 Å². The summed E-state index contributed by atoms with van der Waals surface area (Å²) in [6, 6.07) is 0.275. The second kappa shape index (κ2) is 4.77. The predicted molar refractivity (Wildman–Crippen MR) is 62.0 cm³/mol. The third-order valence-electron chi connectivity index (χ3n) is 2.15. The van der Waals surface area contributed by atoms with Gasteiger partial charge in [0.05, 0.1) is 5.56 Å². The van der Waals surface area contributed by atoms with Gasteiger partial charge < -0.3 is 10.1 Å². The summed E-state index contributed by atoms with van der Waals surface area (Å²) in [5.74, 6) is 1.22. The van der Waals surface area contributed by atoms with Gasteiger partial charge in [-0.1, -0.05) is 0 Å². The van der Waals surface area contributed by atoms with Gasteiger partial charge in [0, 0.05) is 13.6 Å². The molecule has 0 radical (unpaired) electrons. The number of nitrogens with one attached hydrogen (secondary N) is 1. The van der Waals surface area contributed by atoms with Gasteiger partial charge in [0.2, 0.25) is 5.88 Å². The lowest BCUT2D eigenvalue weighted by atomic mass is 10.3. The van der Waals surface area contributed by atoms with Crippen LogP contribution in [0.25, 0.3) is 0 Å². The maximum Gasteiger partial charge on any atom is 0.342 e. The molecule has 90 valence electrons. The lowest BCUT2D eigenvalue weighted by Crippen LogP contribution is -2.04. The Balaban J connectivity index is 2.23. The standard InChI is InChI=1S/C10H14N6O/c1-4-11-8-7(2)9(13-5-12-8)17-10-14-6-16(3)15-10/h5-6H,4H2,1-3H3,(H,11,12,13). The molecule has 17 heavy (non-hydrogen) atoms. The zero-order valence-corrected chi connectivity index (χ0v) is 10.0. The summed E-state index contributed by atoms with van der Waals surface area (Å²) in [5.41, 5.74) is 0.835. The second-order valence-electron chi connectivity index (χ2n) is 3.49. The van der Waals surface area contributed by atoms with E-state index in [-0.39, 0.29) is 6.01 Å². The number of rotatable bonds is 4. The predicted octanol–water partition coefficient (Wildman–Crippen LogP) is 1.14. The number of aryl methyl sites for hydroxylation is 1. The molecule has 0 aliphatic rings. The molecule has 0 aromatic carbocycles. The maximum absolute atomic E-state index is 5.48. The number of ether oxygens (including phenoxy) is 1. The smallest absolute Gasteiger partial charge is 0.342 e. The summed E-state index contributed by atoms with van der Waals surface area (Å²) < 4.78 is 7.05. The third kappa shape index (κ3) is 2.49. The van der Waals surface area contributed by atoms with Crippen LogP contribution in [-0.2, 0) is 7.05 Å². The Morgan fingerprint density at radius 3 is 2.82 bits per heavy atom. The van der Waals surface area contributed by atoms with Gasteiger partial charge >= 0.3 is 6.01 Å². The zero-order valence-electron chi connectivity index (χ0n) is 10.0. The fourth-order valence-corrected chi connectivity index (χ4v) is 1.34. The zero-order chi connectivity index (χ0) is 12.3. The molecule has 7 nitrogen and oxygen atoms in total. The van der Waals surface area contributed by atoms with Crippen LogP contribution >= 0.6 is 0 Å². The average Bonchev–Trinajstić information content (AvgIpc) is 2.70. The van der Waals surface area contributed by atoms with Crippen LogP contribution in [0.2, 0.25) is 0 Å². The highest BCUT2D eigenvalue weighted by atomic mass is 16.5. The van der Waals surface area contributed by atoms with Crippen molar-refractivity contribution in [2.75, 3.05) is 11.9 Å². The molecule has 0 bridgehead atoms. The van der Waals surface area contributed by atoms with Crippen molar-refractivity contribution in [2.45, 2.75) is 13.8 Å². The van der Waals surface area contributed by atoms with Gasteiger partial charge in [-0.3, -0.25) is 4.68 Å². The van der Waals surface area contributed by atoms with Crippen molar-refractivity contribution in [2.24, 2.45) is 7.05 Å². The molecule has 0 aliphatic carbocycles. The van der Waals surface area contributed by atoms with Crippen molar-refractivity contribution < 1.29 is 4.74 Å². The van der Waals surface area contributed by atoms with E-state index in [0.717, 1.165) is 17.9 Å². The van der Waals surface area contributed by atoms with Crippen LogP contribution in [-0.4, -0.2) is 31.3 Å². The average molecular weight is 234 g/mol. The van der Waals surface area contributed by atoms with Crippen molar-refractivity contribution in [3.63, 3.8) is 0 Å². The van der Waals surface area contributed by atoms with E-state index in [1.54, 1.807) is 18.1 Å². The number of anilines is 1. The van der Waals surface area contributed by atoms with Gasteiger partial charge in [0.1, 0.15) is 18.5 Å². The quantitative estimate of drug-likeness (QED) is 0.854. The normalized spacial score (nSPS) is 10.3. The van der Waals surface area contributed by atoms with E-state index in [4.69, 9.17) is 4.74 Å². The number of hydrogen-bond acceptors (Lipinski definition) is 6. The van der Waals surface area contributed by atoms with E-state index < -0.39 is 0 Å². The molecule has 7 heteroatoms. The van der Waals surface area contributed by atoms with E-state index >= 15 is 0 Å². The van der Waals surface area contributed by atoms with Crippen molar-refractivity contribution >= 4 is 5.82 Å². The van der Waals surface area contributed by atoms with Crippen LogP contribution in [0.1, 0.15) is 12.5 Å². The van der Waals surface area contributed by atoms with E-state index in [2.05, 4.69) is 25.4 Å². The molecule has 2 heterocycles. The van der Waals surface area contributed by atoms with Crippen molar-refractivity contribution in [1.82, 2.24) is 24.7 Å². The van der Waals surface area contributed by atoms with E-state index in [1.807, 2.05) is 13.8 Å². The molecule has 0 saturated heterocycles. The molecule has 0 unspecified atom stereocenters. The first-order valence-electron chi connectivity index (χ1n) is 5.29. The Bertz CT molecular complexity index is 509. The second-order valence-corrected chi connectivity index (χ2v) is 3.49. The van der Waals surface area contributed by atoms with Gasteiger partial charge in [-0.2, -0.15) is 4.98 Å². The van der Waals surface area contributed by atoms with Crippen LogP contribution in [0.3, 0.4) is 0 Å². The first-order chi connectivity index (χ1) is 8.20. The SMILES string of the molecule is CCNc1ncnc(Oc2ncn(C)n2)c1C. The number of aromatic nitrogens is 5. The van der Waals surface area contributed by atoms with E-state index in [0.29, 0.717) is 5.88 Å². The summed E-state index contributed by atoms with van der Waals surface area (Å²) in [4.78, 5) is 12.2. The minimum Gasteiger partial charge on any atom is -0.404 e. The Morgan fingerprint density at radius 2 is 2.18 bits per heavy atom. The van der Waals surface area contributed by atoms with Crippen molar-refractivity contribution in [3.8, 4) is 11.9 Å². The molecule has 2 aromatic rings. The summed E-state index contributed by atoms with van der Waals surface area (Å²) in [5, 5.41) is 7.16. The largest absolute Gasteiger partial charge is 0.404 e. The van der Waals surface area contributed by atoms with E-state index in [9.17, 15) is 0 Å². The lowest BCUT2D eigenvalue weighted by Gasteiger charge is -2.08. The van der Waals surface area contributed by atoms with Gasteiger partial charge in [-0.05, 0) is 13.8 Å². The first-order valence-corrected chi connectivity index (χ1v) is 5.29. The van der Waals surface area contributed by atoms with E-state index in [1.165, 1.54) is 6.33 Å². The molecule has 1 N–H and O–H groups in total. The first kappa shape index (κ1) is 11.3. The summed E-state index contributed by atoms with van der Waals surface area (Å²) in [6.07, 6.45) is 3.01. The summed E-state index contributed by atoms with van der Waals surface area (Å²) in [7, 11) is 1.77. The van der Waals surface area contributed by atoms with Gasteiger partial charge in [-0.15, -0.1) is 5.10 Å². The van der Waals surface area contributed by atoms with Crippen LogP contribution in [0.5, 0.6) is 11.9 Å². The molecule has 2 aromatic heterocycles. The van der Waals surface area contributed by atoms with Gasteiger partial charge in [-0.25, -0.2) is 9.97 Å². The molecule has 0 spiro atoms. The molecular weight excluding hydrogens is 220 g/mol. The Labute approximate surface area is 98.9 Å². The van der Waals surface area contributed by atoms with Crippen molar-refractivity contribution in [1.29, 1.82) is 0 Å². The summed E-state index contributed by atoms with van der Waals surface area (Å²) >= 11 is 0. The highest BCUT2D eigenvalue weighted by molar-refractivity contribution is 5.47. The molecular formula is C10H14N6O. The molecule has 0 atom stereocenters. The van der Waals surface area contributed by atoms with Gasteiger partial charge in [0.15, 0.2) is 0 Å². The van der Waals surface area contributed by atoms with Crippen LogP contribution in [0.4, 0.5) is 5.82 Å². The number of hydrogen-bond donors (Lipinski definition) is 1. The molecule has 2 rings (SSSR count). The molecule has 0 aliphatic heterocycles. The lowest BCUT2D eigenvalue weighted by molar-refractivity contribution is 0.418. The minimum atomic E-state index is 0.275. The van der Waals surface area contributed by atoms with Crippen molar-refractivity contribution in [3.05, 3.63) is 18.2 Å². The molecule has 0 saturated carbocycles. The summed E-state index contributed by atoms with van der Waals surface area (Å²) in [6.45, 7) is 4.68. The topological polar surface area (TPSA) is 77.8 Å². The molecule has 0 amide bonds. The monoisotopic (exact) mass is 234 g/mol. The highest BCUT2D eigenvalue weighted by Crippen LogP contribution is 2.23. The fraction of sp³-hybridized carbons (Fsp3) is 0.400. The Kier molecular flexibility index (Phi) is 3.17. The maximum atomic E-state index is 5.48. The molecule has 0 fully saturated rings. The third-order valence-corrected chi connectivity index (χ3v) is 2.15. The Hall–Kier alpha value is -2.18.